The third-order valence-corrected chi connectivity index (χ3v) is 4.40. The molecule has 0 saturated carbocycles. The Morgan fingerprint density at radius 1 is 1.26 bits per heavy atom. The second kappa shape index (κ2) is 8.15. The molecule has 0 radical (unpaired) electrons. The minimum atomic E-state index is -4.60. The number of carbonyl (C=O) groups is 1. The predicted molar refractivity (Wildman–Crippen MR) is 87.2 cm³/mol. The highest BCUT2D eigenvalue weighted by atomic mass is 32.2. The Morgan fingerprint density at radius 3 is 2.33 bits per heavy atom. The molecule has 148 valence electrons. The summed E-state index contributed by atoms with van der Waals surface area (Å²) in [4.78, 5) is 15.0. The molecule has 0 fully saturated rings. The summed E-state index contributed by atoms with van der Waals surface area (Å²) in [6.45, 7) is 1.43. The lowest BCUT2D eigenvalue weighted by Gasteiger charge is -2.15. The predicted octanol–water partition coefficient (Wildman–Crippen LogP) is 4.59. The molecule has 0 aliphatic heterocycles. The minimum Gasteiger partial charge on any atom is -0.442 e. The molecule has 1 aromatic carbocycles. The van der Waals surface area contributed by atoms with E-state index in [9.17, 15) is 26.7 Å². The normalized spacial score (nSPS) is 11.9. The van der Waals surface area contributed by atoms with E-state index in [4.69, 9.17) is 5.73 Å². The van der Waals surface area contributed by atoms with Crippen LogP contribution < -0.4 is 5.73 Å². The Morgan fingerprint density at radius 2 is 1.85 bits per heavy atom. The van der Waals surface area contributed by atoms with Crippen molar-refractivity contribution in [1.29, 1.82) is 0 Å². The quantitative estimate of drug-likeness (QED) is 0.709. The van der Waals surface area contributed by atoms with E-state index in [1.54, 1.807) is 13.8 Å². The molecule has 2 N–H and O–H groups in total. The molecule has 11 heteroatoms. The fraction of sp³-hybridized carbons (Fsp3) is 0.375. The zero-order chi connectivity index (χ0) is 20.4. The standard InChI is InChI=1S/C16H16F5N3O2S/c1-8(2)13-14(27-11-4-9(17)3-10(18)5-11)24(7-16(19,20)21)12(23-13)6-26-15(22)25/h3-5,8H,6-7H2,1-2H3,(H2,22,25). The number of amides is 1. The summed E-state index contributed by atoms with van der Waals surface area (Å²) >= 11 is 0.742. The van der Waals surface area contributed by atoms with Gasteiger partial charge in [0, 0.05) is 11.0 Å². The maximum Gasteiger partial charge on any atom is 0.406 e. The average molecular weight is 409 g/mol. The minimum absolute atomic E-state index is 0.0513. The average Bonchev–Trinajstić information content (AvgIpc) is 2.80. The third kappa shape index (κ3) is 5.84. The van der Waals surface area contributed by atoms with Crippen LogP contribution in [0.2, 0.25) is 0 Å². The summed E-state index contributed by atoms with van der Waals surface area (Å²) in [5, 5.41) is 0.0513. The van der Waals surface area contributed by atoms with E-state index in [1.165, 1.54) is 0 Å². The lowest BCUT2D eigenvalue weighted by Crippen LogP contribution is -2.22. The largest absolute Gasteiger partial charge is 0.442 e. The molecule has 1 amide bonds. The van der Waals surface area contributed by atoms with Crippen molar-refractivity contribution in [2.75, 3.05) is 0 Å². The molecule has 1 heterocycles. The van der Waals surface area contributed by atoms with Crippen molar-refractivity contribution in [2.45, 2.75) is 49.0 Å². The fourth-order valence-corrected chi connectivity index (χ4v) is 3.51. The van der Waals surface area contributed by atoms with Crippen molar-refractivity contribution in [1.82, 2.24) is 9.55 Å². The number of benzene rings is 1. The summed E-state index contributed by atoms with van der Waals surface area (Å²) in [5.74, 6) is -2.19. The Bertz CT molecular complexity index is 816. The molecule has 0 aliphatic rings. The van der Waals surface area contributed by atoms with Crippen LogP contribution in [0.4, 0.5) is 26.7 Å². The van der Waals surface area contributed by atoms with E-state index in [-0.39, 0.29) is 27.4 Å². The van der Waals surface area contributed by atoms with Crippen LogP contribution in [0, 0.1) is 11.6 Å². The monoisotopic (exact) mass is 409 g/mol. The number of ether oxygens (including phenoxy) is 1. The number of alkyl halides is 3. The molecule has 5 nitrogen and oxygen atoms in total. The first-order valence-corrected chi connectivity index (χ1v) is 8.50. The van der Waals surface area contributed by atoms with Crippen LogP contribution in [0.5, 0.6) is 0 Å². The van der Waals surface area contributed by atoms with Crippen LogP contribution in [0.25, 0.3) is 0 Å². The first-order valence-electron chi connectivity index (χ1n) is 7.68. The molecule has 1 aromatic heterocycles. The molecule has 0 atom stereocenters. The number of imidazole rings is 1. The Balaban J connectivity index is 2.54. The SMILES string of the molecule is CC(C)c1nc(COC(N)=O)n(CC(F)(F)F)c1Sc1cc(F)cc(F)c1. The number of nitrogens with two attached hydrogens (primary N) is 1. The lowest BCUT2D eigenvalue weighted by atomic mass is 10.1. The Hall–Kier alpha value is -2.30. The van der Waals surface area contributed by atoms with Crippen LogP contribution in [0.15, 0.2) is 28.1 Å². The number of halogens is 5. The van der Waals surface area contributed by atoms with Crippen molar-refractivity contribution in [3.05, 3.63) is 41.4 Å². The maximum atomic E-state index is 13.4. The van der Waals surface area contributed by atoms with Crippen molar-refractivity contribution < 1.29 is 31.5 Å². The van der Waals surface area contributed by atoms with E-state index < -0.39 is 37.1 Å². The van der Waals surface area contributed by atoms with Gasteiger partial charge < -0.3 is 15.0 Å². The molecule has 0 saturated heterocycles. The van der Waals surface area contributed by atoms with Gasteiger partial charge in [-0.15, -0.1) is 0 Å². The molecular formula is C16H16F5N3O2S. The van der Waals surface area contributed by atoms with Crippen LogP contribution >= 0.6 is 11.8 Å². The van der Waals surface area contributed by atoms with Gasteiger partial charge in [0.2, 0.25) is 0 Å². The number of carbonyl (C=O) groups excluding carboxylic acids is 1. The van der Waals surface area contributed by atoms with E-state index in [2.05, 4.69) is 9.72 Å². The first-order chi connectivity index (χ1) is 12.5. The zero-order valence-corrected chi connectivity index (χ0v) is 15.1. The van der Waals surface area contributed by atoms with E-state index in [0.717, 1.165) is 28.5 Å². The number of aromatic nitrogens is 2. The highest BCUT2D eigenvalue weighted by Gasteiger charge is 2.32. The second-order valence-corrected chi connectivity index (χ2v) is 6.95. The van der Waals surface area contributed by atoms with Crippen LogP contribution in [-0.2, 0) is 17.9 Å². The number of hydrogen-bond acceptors (Lipinski definition) is 4. The molecule has 2 rings (SSSR count). The molecular weight excluding hydrogens is 393 g/mol. The number of rotatable bonds is 6. The van der Waals surface area contributed by atoms with Gasteiger partial charge in [-0.2, -0.15) is 13.2 Å². The smallest absolute Gasteiger partial charge is 0.406 e. The number of hydrogen-bond donors (Lipinski definition) is 1. The van der Waals surface area contributed by atoms with E-state index >= 15 is 0 Å². The van der Waals surface area contributed by atoms with Gasteiger partial charge in [0.15, 0.2) is 6.61 Å². The molecule has 27 heavy (non-hydrogen) atoms. The van der Waals surface area contributed by atoms with Gasteiger partial charge in [-0.25, -0.2) is 18.6 Å². The van der Waals surface area contributed by atoms with Gasteiger partial charge >= 0.3 is 12.3 Å². The van der Waals surface area contributed by atoms with E-state index in [1.807, 2.05) is 0 Å². The van der Waals surface area contributed by atoms with Crippen molar-refractivity contribution in [2.24, 2.45) is 5.73 Å². The number of nitrogens with zero attached hydrogens (tertiary/aromatic N) is 2. The molecule has 0 bridgehead atoms. The van der Waals surface area contributed by atoms with Gasteiger partial charge in [0.1, 0.15) is 29.0 Å². The summed E-state index contributed by atoms with van der Waals surface area (Å²) in [5.41, 5.74) is 5.15. The molecule has 0 unspecified atom stereocenters. The molecule has 2 aromatic rings. The van der Waals surface area contributed by atoms with Crippen LogP contribution in [-0.4, -0.2) is 21.8 Å². The summed E-state index contributed by atoms with van der Waals surface area (Å²) < 4.78 is 71.5. The van der Waals surface area contributed by atoms with Crippen molar-refractivity contribution in [3.8, 4) is 0 Å². The van der Waals surface area contributed by atoms with E-state index in [0.29, 0.717) is 6.07 Å². The van der Waals surface area contributed by atoms with Gasteiger partial charge in [-0.05, 0) is 18.1 Å². The topological polar surface area (TPSA) is 70.1 Å². The van der Waals surface area contributed by atoms with Gasteiger partial charge in [-0.1, -0.05) is 25.6 Å². The highest BCUT2D eigenvalue weighted by molar-refractivity contribution is 7.99. The molecule has 0 spiro atoms. The lowest BCUT2D eigenvalue weighted by molar-refractivity contribution is -0.142. The molecule has 0 aliphatic carbocycles. The van der Waals surface area contributed by atoms with Gasteiger partial charge in [0.05, 0.1) is 5.69 Å². The third-order valence-electron chi connectivity index (χ3n) is 3.30. The zero-order valence-electron chi connectivity index (χ0n) is 14.3. The Labute approximate surface area is 155 Å². The van der Waals surface area contributed by atoms with Crippen molar-refractivity contribution in [3.63, 3.8) is 0 Å². The summed E-state index contributed by atoms with van der Waals surface area (Å²) in [7, 11) is 0. The fourth-order valence-electron chi connectivity index (χ4n) is 2.27. The second-order valence-electron chi connectivity index (χ2n) is 5.89. The number of primary amides is 1. The van der Waals surface area contributed by atoms with Crippen LogP contribution in [0.1, 0.15) is 31.3 Å². The summed E-state index contributed by atoms with van der Waals surface area (Å²) in [6, 6.07) is 2.66. The Kier molecular flexibility index (Phi) is 6.34. The van der Waals surface area contributed by atoms with Crippen molar-refractivity contribution >= 4 is 17.9 Å². The summed E-state index contributed by atoms with van der Waals surface area (Å²) in [6.07, 6.45) is -5.76. The maximum absolute atomic E-state index is 13.4. The van der Waals surface area contributed by atoms with Crippen LogP contribution in [0.3, 0.4) is 0 Å². The first kappa shape index (κ1) is 21.0. The highest BCUT2D eigenvalue weighted by Crippen LogP contribution is 2.37. The van der Waals surface area contributed by atoms with Gasteiger partial charge in [0.25, 0.3) is 0 Å². The van der Waals surface area contributed by atoms with Gasteiger partial charge in [-0.3, -0.25) is 0 Å².